The summed E-state index contributed by atoms with van der Waals surface area (Å²) < 4.78 is 15.7. The van der Waals surface area contributed by atoms with Gasteiger partial charge in [0.25, 0.3) is 0 Å². The van der Waals surface area contributed by atoms with Crippen molar-refractivity contribution in [2.24, 2.45) is 27.6 Å². The van der Waals surface area contributed by atoms with E-state index < -0.39 is 5.82 Å². The predicted molar refractivity (Wildman–Crippen MR) is 160 cm³/mol. The molecule has 2 unspecified atom stereocenters. The summed E-state index contributed by atoms with van der Waals surface area (Å²) in [6.07, 6.45) is 5.40. The molecular formula is C30H44ClFN6. The minimum atomic E-state index is -0.410. The molecule has 0 aliphatic carbocycles. The first kappa shape index (κ1) is 29.9. The first-order chi connectivity index (χ1) is 17.9. The van der Waals surface area contributed by atoms with Gasteiger partial charge in [-0.3, -0.25) is 4.99 Å². The van der Waals surface area contributed by atoms with Crippen LogP contribution in [0.5, 0.6) is 0 Å². The summed E-state index contributed by atoms with van der Waals surface area (Å²) in [6, 6.07) is 2.31. The van der Waals surface area contributed by atoms with Gasteiger partial charge in [-0.25, -0.2) is 9.38 Å². The minimum Gasteiger partial charge on any atom is -0.385 e. The largest absolute Gasteiger partial charge is 0.385 e. The molecule has 2 atom stereocenters. The Balaban J connectivity index is 1.92. The van der Waals surface area contributed by atoms with Crippen LogP contribution in [0, 0.1) is 17.7 Å². The fourth-order valence-electron chi connectivity index (χ4n) is 5.41. The van der Waals surface area contributed by atoms with Crippen LogP contribution in [-0.4, -0.2) is 54.6 Å². The number of aliphatic imine (C=N–C) groups is 2. The van der Waals surface area contributed by atoms with E-state index in [1.165, 1.54) is 0 Å². The minimum absolute atomic E-state index is 0.00555. The SMILES string of the molecule is C=N/C(C)=C1/C(N)=NC=CN1CC(C)c1cc(Cl)c(F)c(C(=C)NCC2CCN(C(C)C)C2)c1CC(C)C. The number of rotatable bonds is 11. The molecule has 8 heteroatoms. The second-order valence-corrected chi connectivity index (χ2v) is 11.7. The summed E-state index contributed by atoms with van der Waals surface area (Å²) in [6.45, 7) is 24.1. The Morgan fingerprint density at radius 2 is 2.03 bits per heavy atom. The van der Waals surface area contributed by atoms with Crippen molar-refractivity contribution < 1.29 is 4.39 Å². The molecule has 208 valence electrons. The van der Waals surface area contributed by atoms with Gasteiger partial charge in [0.1, 0.15) is 11.5 Å². The van der Waals surface area contributed by atoms with Crippen molar-refractivity contribution in [2.45, 2.75) is 66.3 Å². The van der Waals surface area contributed by atoms with Crippen molar-refractivity contribution in [3.8, 4) is 0 Å². The molecule has 1 aromatic rings. The van der Waals surface area contributed by atoms with Crippen LogP contribution in [0.25, 0.3) is 5.70 Å². The van der Waals surface area contributed by atoms with Crippen LogP contribution >= 0.6 is 11.6 Å². The normalized spacial score (nSPS) is 20.2. The lowest BCUT2D eigenvalue weighted by atomic mass is 9.86. The van der Waals surface area contributed by atoms with Gasteiger partial charge in [-0.2, -0.15) is 0 Å². The number of hydrogen-bond donors (Lipinski definition) is 2. The van der Waals surface area contributed by atoms with Crippen molar-refractivity contribution in [1.82, 2.24) is 15.1 Å². The summed E-state index contributed by atoms with van der Waals surface area (Å²) >= 11 is 6.51. The average molecular weight is 543 g/mol. The number of amidine groups is 1. The number of likely N-dealkylation sites (tertiary alicyclic amines) is 1. The van der Waals surface area contributed by atoms with E-state index in [1.807, 2.05) is 18.0 Å². The fourth-order valence-corrected chi connectivity index (χ4v) is 5.62. The molecule has 6 nitrogen and oxygen atoms in total. The Kier molecular flexibility index (Phi) is 10.2. The van der Waals surface area contributed by atoms with E-state index in [-0.39, 0.29) is 10.9 Å². The maximum atomic E-state index is 15.7. The van der Waals surface area contributed by atoms with E-state index in [0.717, 1.165) is 42.9 Å². The highest BCUT2D eigenvalue weighted by Gasteiger charge is 2.28. The number of nitrogens with two attached hydrogens (primary N) is 1. The second-order valence-electron chi connectivity index (χ2n) is 11.3. The van der Waals surface area contributed by atoms with Crippen molar-refractivity contribution in [3.05, 3.63) is 64.0 Å². The maximum absolute atomic E-state index is 15.7. The first-order valence-corrected chi connectivity index (χ1v) is 13.9. The van der Waals surface area contributed by atoms with Crippen LogP contribution < -0.4 is 11.1 Å². The molecule has 1 fully saturated rings. The van der Waals surface area contributed by atoms with Crippen LogP contribution in [-0.2, 0) is 6.42 Å². The molecule has 3 N–H and O–H groups in total. The standard InChI is InChI=1S/C30H44ClFN6/c1-18(2)13-25-24(20(5)16-38-12-10-35-30(33)29(38)22(7)34-8)14-26(31)28(32)27(25)21(6)36-15-23-9-11-37(17-23)19(3)4/h10,12,14,18-20,23,36H,6,8-9,11,13,15-17H2,1-5,7H3,(H2,33,35)/b29-22-. The summed E-state index contributed by atoms with van der Waals surface area (Å²) in [5.41, 5.74) is 10.7. The second kappa shape index (κ2) is 12.9. The Labute approximate surface area is 233 Å². The first-order valence-electron chi connectivity index (χ1n) is 13.6. The molecular weight excluding hydrogens is 499 g/mol. The highest BCUT2D eigenvalue weighted by Crippen LogP contribution is 2.36. The highest BCUT2D eigenvalue weighted by molar-refractivity contribution is 6.31. The average Bonchev–Trinajstić information content (AvgIpc) is 3.34. The van der Waals surface area contributed by atoms with E-state index >= 15 is 4.39 Å². The predicted octanol–water partition coefficient (Wildman–Crippen LogP) is 6.15. The van der Waals surface area contributed by atoms with Crippen molar-refractivity contribution in [2.75, 3.05) is 26.2 Å². The molecule has 0 aromatic heterocycles. The third-order valence-corrected chi connectivity index (χ3v) is 7.77. The molecule has 2 aliphatic heterocycles. The van der Waals surface area contributed by atoms with Crippen molar-refractivity contribution >= 4 is 29.9 Å². The van der Waals surface area contributed by atoms with Crippen LogP contribution in [0.1, 0.15) is 70.6 Å². The number of allylic oxidation sites excluding steroid dienone is 1. The molecule has 1 aromatic carbocycles. The zero-order valence-corrected chi connectivity index (χ0v) is 24.6. The molecule has 0 amide bonds. The van der Waals surface area contributed by atoms with Gasteiger partial charge < -0.3 is 20.9 Å². The third-order valence-electron chi connectivity index (χ3n) is 7.50. The third kappa shape index (κ3) is 6.86. The van der Waals surface area contributed by atoms with Crippen LogP contribution in [0.4, 0.5) is 4.39 Å². The van der Waals surface area contributed by atoms with Crippen LogP contribution in [0.3, 0.4) is 0 Å². The van der Waals surface area contributed by atoms with E-state index in [9.17, 15) is 0 Å². The van der Waals surface area contributed by atoms with Crippen molar-refractivity contribution in [3.63, 3.8) is 0 Å². The Bertz CT molecular complexity index is 1140. The topological polar surface area (TPSA) is 69.2 Å². The van der Waals surface area contributed by atoms with Gasteiger partial charge in [-0.05, 0) is 81.8 Å². The van der Waals surface area contributed by atoms with Gasteiger partial charge in [0.15, 0.2) is 5.82 Å². The lowest BCUT2D eigenvalue weighted by molar-refractivity contribution is 0.265. The van der Waals surface area contributed by atoms with Gasteiger partial charge in [0.05, 0.1) is 10.7 Å². The quantitative estimate of drug-likeness (QED) is 0.329. The smallest absolute Gasteiger partial charge is 0.151 e. The Morgan fingerprint density at radius 1 is 1.32 bits per heavy atom. The summed E-state index contributed by atoms with van der Waals surface area (Å²) in [7, 11) is 0. The van der Waals surface area contributed by atoms with E-state index in [2.05, 4.69) is 68.1 Å². The summed E-state index contributed by atoms with van der Waals surface area (Å²) in [5, 5.41) is 3.57. The van der Waals surface area contributed by atoms with Crippen molar-refractivity contribution in [1.29, 1.82) is 0 Å². The molecule has 1 saturated heterocycles. The molecule has 2 aliphatic rings. The lowest BCUT2D eigenvalue weighted by Crippen LogP contribution is -2.33. The maximum Gasteiger partial charge on any atom is 0.151 e. The van der Waals surface area contributed by atoms with Gasteiger partial charge in [0.2, 0.25) is 0 Å². The summed E-state index contributed by atoms with van der Waals surface area (Å²) in [5.74, 6) is 0.819. The van der Waals surface area contributed by atoms with Crippen LogP contribution in [0.2, 0.25) is 5.02 Å². The molecule has 0 spiro atoms. The van der Waals surface area contributed by atoms with Gasteiger partial charge in [-0.1, -0.05) is 39.0 Å². The Hall–Kier alpha value is -2.64. The molecule has 38 heavy (non-hydrogen) atoms. The lowest BCUT2D eigenvalue weighted by Gasteiger charge is -2.31. The van der Waals surface area contributed by atoms with Gasteiger partial charge >= 0.3 is 0 Å². The zero-order valence-electron chi connectivity index (χ0n) is 23.8. The van der Waals surface area contributed by atoms with Gasteiger partial charge in [-0.15, -0.1) is 0 Å². The van der Waals surface area contributed by atoms with Gasteiger partial charge in [0, 0.05) is 49.3 Å². The van der Waals surface area contributed by atoms with Crippen LogP contribution in [0.15, 0.2) is 46.4 Å². The number of benzene rings is 1. The Morgan fingerprint density at radius 3 is 2.63 bits per heavy atom. The van der Waals surface area contributed by atoms with E-state index in [1.54, 1.807) is 12.3 Å². The number of nitrogens with zero attached hydrogens (tertiary/aromatic N) is 4. The number of halogens is 2. The zero-order chi connectivity index (χ0) is 28.1. The fraction of sp³-hybridized carbons (Fsp3) is 0.533. The molecule has 0 radical (unpaired) electrons. The molecule has 2 heterocycles. The molecule has 0 saturated carbocycles. The number of nitrogens with one attached hydrogen (secondary N) is 1. The van der Waals surface area contributed by atoms with E-state index in [0.29, 0.717) is 53.6 Å². The number of hydrogen-bond acceptors (Lipinski definition) is 6. The molecule has 3 rings (SSSR count). The molecule has 0 bridgehead atoms. The monoisotopic (exact) mass is 542 g/mol. The summed E-state index contributed by atoms with van der Waals surface area (Å²) in [4.78, 5) is 12.8. The van der Waals surface area contributed by atoms with E-state index in [4.69, 9.17) is 17.3 Å². The highest BCUT2D eigenvalue weighted by atomic mass is 35.5.